The predicted octanol–water partition coefficient (Wildman–Crippen LogP) is 1.96. The number of halogens is 1. The van der Waals surface area contributed by atoms with E-state index in [9.17, 15) is 14.0 Å². The summed E-state index contributed by atoms with van der Waals surface area (Å²) in [6, 6.07) is 11.1. The van der Waals surface area contributed by atoms with Gasteiger partial charge in [-0.2, -0.15) is 0 Å². The van der Waals surface area contributed by atoms with E-state index in [2.05, 4.69) is 4.98 Å². The topological polar surface area (TPSA) is 104 Å². The summed E-state index contributed by atoms with van der Waals surface area (Å²) in [5.41, 5.74) is 11.8. The first-order chi connectivity index (χ1) is 12.4. The molecule has 0 spiro atoms. The number of nitrogens with zero attached hydrogens (tertiary/aromatic N) is 2. The van der Waals surface area contributed by atoms with Gasteiger partial charge in [0.15, 0.2) is 0 Å². The maximum absolute atomic E-state index is 14.4. The highest BCUT2D eigenvalue weighted by Gasteiger charge is 2.20. The molecule has 0 fully saturated rings. The molecule has 6 nitrogen and oxygen atoms in total. The molecule has 1 aromatic heterocycles. The minimum Gasteiger partial charge on any atom is -0.370 e. The molecule has 4 N–H and O–H groups in total. The summed E-state index contributed by atoms with van der Waals surface area (Å²) in [5.74, 6) is -0.840. The highest BCUT2D eigenvalue weighted by molar-refractivity contribution is 5.83. The van der Waals surface area contributed by atoms with Crippen molar-refractivity contribution >= 4 is 16.8 Å². The van der Waals surface area contributed by atoms with Gasteiger partial charge < -0.3 is 11.5 Å². The molecule has 3 rings (SSSR count). The van der Waals surface area contributed by atoms with Crippen LogP contribution in [-0.2, 0) is 11.2 Å². The third-order valence-corrected chi connectivity index (χ3v) is 4.15. The van der Waals surface area contributed by atoms with Crippen LogP contribution < -0.4 is 17.0 Å². The van der Waals surface area contributed by atoms with Crippen LogP contribution in [0.5, 0.6) is 0 Å². The number of amides is 1. The van der Waals surface area contributed by atoms with Crippen molar-refractivity contribution in [2.24, 2.45) is 11.5 Å². The Morgan fingerprint density at radius 2 is 1.92 bits per heavy atom. The van der Waals surface area contributed by atoms with Gasteiger partial charge in [-0.3, -0.25) is 14.2 Å². The molecule has 26 heavy (non-hydrogen) atoms. The number of hydrogen-bond donors (Lipinski definition) is 2. The fraction of sp³-hybridized carbons (Fsp3) is 0.211. The van der Waals surface area contributed by atoms with Crippen molar-refractivity contribution in [2.75, 3.05) is 0 Å². The molecule has 1 heterocycles. The van der Waals surface area contributed by atoms with Gasteiger partial charge in [0.05, 0.1) is 17.1 Å². The Hall–Kier alpha value is -3.06. The van der Waals surface area contributed by atoms with Gasteiger partial charge in [0.1, 0.15) is 17.2 Å². The van der Waals surface area contributed by atoms with E-state index in [1.165, 1.54) is 16.7 Å². The number of para-hydroxylation sites is 1. The van der Waals surface area contributed by atoms with Crippen molar-refractivity contribution in [3.05, 3.63) is 70.0 Å². The number of benzene rings is 2. The summed E-state index contributed by atoms with van der Waals surface area (Å²) in [5, 5.41) is 0.138. The van der Waals surface area contributed by atoms with Gasteiger partial charge in [-0.15, -0.1) is 0 Å². The molecule has 0 saturated heterocycles. The third-order valence-electron chi connectivity index (χ3n) is 4.15. The second kappa shape index (κ2) is 7.05. The number of carbonyl (C=O) groups excluding carboxylic acids is 1. The molecule has 1 atom stereocenters. The Bertz CT molecular complexity index is 1030. The number of carbonyl (C=O) groups is 1. The average molecular weight is 354 g/mol. The second-order valence-electron chi connectivity index (χ2n) is 6.13. The lowest BCUT2D eigenvalue weighted by Crippen LogP contribution is -2.28. The molecule has 7 heteroatoms. The van der Waals surface area contributed by atoms with Crippen LogP contribution in [0.1, 0.15) is 30.8 Å². The van der Waals surface area contributed by atoms with Crippen molar-refractivity contribution in [1.82, 2.24) is 9.55 Å². The minimum atomic E-state index is -0.609. The van der Waals surface area contributed by atoms with Crippen molar-refractivity contribution in [3.63, 3.8) is 0 Å². The zero-order valence-corrected chi connectivity index (χ0v) is 14.3. The number of aryl methyl sites for hydroxylation is 1. The molecule has 0 aliphatic heterocycles. The van der Waals surface area contributed by atoms with E-state index in [1.807, 2.05) is 6.07 Å². The number of primary amides is 1. The van der Waals surface area contributed by atoms with Crippen LogP contribution in [0.25, 0.3) is 16.6 Å². The molecule has 0 saturated carbocycles. The Labute approximate surface area is 149 Å². The van der Waals surface area contributed by atoms with Gasteiger partial charge in [-0.1, -0.05) is 24.3 Å². The van der Waals surface area contributed by atoms with Crippen molar-refractivity contribution < 1.29 is 9.18 Å². The standard InChI is InChI=1S/C19H19FN4O2/c1-11(21)18-23-17-14(20)9-7-12(8-10-15(22)25)16(17)19(26)24(18)13-5-3-2-4-6-13/h2-7,9,11H,8,10,21H2,1H3,(H2,22,25)/t11-/m0/s1. The van der Waals surface area contributed by atoms with Crippen LogP contribution >= 0.6 is 0 Å². The smallest absolute Gasteiger partial charge is 0.266 e. The van der Waals surface area contributed by atoms with Gasteiger partial charge >= 0.3 is 0 Å². The van der Waals surface area contributed by atoms with Gasteiger partial charge in [0, 0.05) is 6.42 Å². The van der Waals surface area contributed by atoms with E-state index >= 15 is 0 Å². The maximum Gasteiger partial charge on any atom is 0.266 e. The summed E-state index contributed by atoms with van der Waals surface area (Å²) in [6.45, 7) is 1.68. The Balaban J connectivity index is 2.37. The van der Waals surface area contributed by atoms with Gasteiger partial charge in [-0.05, 0) is 37.1 Å². The number of fused-ring (bicyclic) bond motifs is 1. The lowest BCUT2D eigenvalue weighted by molar-refractivity contribution is -0.117. The Morgan fingerprint density at radius 3 is 2.54 bits per heavy atom. The number of rotatable bonds is 5. The second-order valence-corrected chi connectivity index (χ2v) is 6.13. The molecule has 0 bridgehead atoms. The molecular formula is C19H19FN4O2. The first kappa shape index (κ1) is 17.8. The molecule has 1 amide bonds. The largest absolute Gasteiger partial charge is 0.370 e. The maximum atomic E-state index is 14.4. The summed E-state index contributed by atoms with van der Waals surface area (Å²) in [6.07, 6.45) is 0.288. The highest BCUT2D eigenvalue weighted by atomic mass is 19.1. The predicted molar refractivity (Wildman–Crippen MR) is 97.4 cm³/mol. The quantitative estimate of drug-likeness (QED) is 0.731. The molecule has 0 aliphatic carbocycles. The van der Waals surface area contributed by atoms with Crippen molar-refractivity contribution in [3.8, 4) is 5.69 Å². The fourth-order valence-corrected chi connectivity index (χ4v) is 2.93. The summed E-state index contributed by atoms with van der Waals surface area (Å²) in [7, 11) is 0. The van der Waals surface area contributed by atoms with E-state index in [-0.39, 0.29) is 29.6 Å². The third kappa shape index (κ3) is 3.21. The average Bonchev–Trinajstić information content (AvgIpc) is 2.61. The molecule has 2 aromatic carbocycles. The van der Waals surface area contributed by atoms with E-state index in [0.29, 0.717) is 11.3 Å². The molecule has 0 aliphatic rings. The number of nitrogens with two attached hydrogens (primary N) is 2. The fourth-order valence-electron chi connectivity index (χ4n) is 2.93. The molecule has 0 radical (unpaired) electrons. The summed E-state index contributed by atoms with van der Waals surface area (Å²) in [4.78, 5) is 28.7. The Kier molecular flexibility index (Phi) is 4.81. The first-order valence-corrected chi connectivity index (χ1v) is 8.23. The zero-order valence-electron chi connectivity index (χ0n) is 14.3. The van der Waals surface area contributed by atoms with E-state index < -0.39 is 23.3 Å². The first-order valence-electron chi connectivity index (χ1n) is 8.23. The Morgan fingerprint density at radius 1 is 1.23 bits per heavy atom. The van der Waals surface area contributed by atoms with Crippen molar-refractivity contribution in [1.29, 1.82) is 0 Å². The monoisotopic (exact) mass is 354 g/mol. The minimum absolute atomic E-state index is 0.0450. The normalized spacial score (nSPS) is 12.3. The lowest BCUT2D eigenvalue weighted by Gasteiger charge is -2.17. The van der Waals surface area contributed by atoms with Gasteiger partial charge in [0.2, 0.25) is 5.91 Å². The lowest BCUT2D eigenvalue weighted by atomic mass is 10.0. The van der Waals surface area contributed by atoms with Gasteiger partial charge in [-0.25, -0.2) is 9.37 Å². The number of aromatic nitrogens is 2. The van der Waals surface area contributed by atoms with Crippen LogP contribution in [-0.4, -0.2) is 15.5 Å². The van der Waals surface area contributed by atoms with Crippen LogP contribution in [0, 0.1) is 5.82 Å². The van der Waals surface area contributed by atoms with Crippen LogP contribution in [0.3, 0.4) is 0 Å². The van der Waals surface area contributed by atoms with Crippen LogP contribution in [0.15, 0.2) is 47.3 Å². The van der Waals surface area contributed by atoms with Crippen LogP contribution in [0.2, 0.25) is 0 Å². The van der Waals surface area contributed by atoms with Crippen LogP contribution in [0.4, 0.5) is 4.39 Å². The van der Waals surface area contributed by atoms with E-state index in [1.54, 1.807) is 31.2 Å². The molecule has 134 valence electrons. The highest BCUT2D eigenvalue weighted by Crippen LogP contribution is 2.22. The van der Waals surface area contributed by atoms with E-state index in [0.717, 1.165) is 0 Å². The van der Waals surface area contributed by atoms with Gasteiger partial charge in [0.25, 0.3) is 5.56 Å². The molecule has 0 unspecified atom stereocenters. The van der Waals surface area contributed by atoms with E-state index in [4.69, 9.17) is 11.5 Å². The summed E-state index contributed by atoms with van der Waals surface area (Å²) < 4.78 is 15.8. The summed E-state index contributed by atoms with van der Waals surface area (Å²) >= 11 is 0. The SMILES string of the molecule is C[C@H](N)c1nc2c(F)ccc(CCC(N)=O)c2c(=O)n1-c1ccccc1. The molecular weight excluding hydrogens is 335 g/mol. The zero-order chi connectivity index (χ0) is 18.8. The molecule has 3 aromatic rings. The number of hydrogen-bond acceptors (Lipinski definition) is 4. The van der Waals surface area contributed by atoms with Crippen molar-refractivity contribution in [2.45, 2.75) is 25.8 Å².